The summed E-state index contributed by atoms with van der Waals surface area (Å²) in [5, 5.41) is 3.24. The van der Waals surface area contributed by atoms with Gasteiger partial charge < -0.3 is 10.1 Å². The summed E-state index contributed by atoms with van der Waals surface area (Å²) in [4.78, 5) is 43.0. The van der Waals surface area contributed by atoms with Crippen LogP contribution < -0.4 is 10.9 Å². The van der Waals surface area contributed by atoms with Gasteiger partial charge in [-0.2, -0.15) is 0 Å². The maximum Gasteiger partial charge on any atom is 0.329 e. The van der Waals surface area contributed by atoms with Crippen LogP contribution in [-0.2, 0) is 9.53 Å². The van der Waals surface area contributed by atoms with E-state index < -0.39 is 12.0 Å². The highest BCUT2D eigenvalue weighted by molar-refractivity contribution is 7.20. The van der Waals surface area contributed by atoms with Crippen LogP contribution in [0, 0.1) is 13.8 Å². The number of methoxy groups -OCH3 is 1. The molecule has 0 spiro atoms. The van der Waals surface area contributed by atoms with Crippen LogP contribution in [0.2, 0.25) is 0 Å². The lowest BCUT2D eigenvalue weighted by molar-refractivity contribution is -0.144. The van der Waals surface area contributed by atoms with Crippen molar-refractivity contribution in [1.29, 1.82) is 0 Å². The van der Waals surface area contributed by atoms with Crippen LogP contribution in [0.3, 0.4) is 0 Å². The average molecular weight is 399 g/mol. The number of para-hydroxylation sites is 1. The molecular weight excluding hydrogens is 378 g/mol. The Labute approximate surface area is 166 Å². The number of fused-ring (bicyclic) bond motifs is 1. The van der Waals surface area contributed by atoms with Crippen LogP contribution >= 0.6 is 11.3 Å². The number of benzene rings is 1. The van der Waals surface area contributed by atoms with Crippen molar-refractivity contribution < 1.29 is 14.3 Å². The average Bonchev–Trinajstić information content (AvgIpc) is 3.03. The molecule has 3 rings (SSSR count). The predicted molar refractivity (Wildman–Crippen MR) is 109 cm³/mol. The Morgan fingerprint density at radius 2 is 2.00 bits per heavy atom. The summed E-state index contributed by atoms with van der Waals surface area (Å²) in [6.45, 7) is 5.42. The van der Waals surface area contributed by atoms with Crippen LogP contribution in [0.4, 0.5) is 5.69 Å². The minimum atomic E-state index is -0.752. The van der Waals surface area contributed by atoms with Gasteiger partial charge in [0.05, 0.1) is 23.7 Å². The summed E-state index contributed by atoms with van der Waals surface area (Å²) in [6.07, 6.45) is 1.73. The summed E-state index contributed by atoms with van der Waals surface area (Å²) in [5.41, 5.74) is 1.86. The van der Waals surface area contributed by atoms with Gasteiger partial charge in [0.15, 0.2) is 0 Å². The molecule has 0 saturated heterocycles. The Balaban J connectivity index is 2.05. The van der Waals surface area contributed by atoms with Gasteiger partial charge >= 0.3 is 5.97 Å². The second kappa shape index (κ2) is 7.93. The molecule has 8 heteroatoms. The number of hydrogen-bond donors (Lipinski definition) is 1. The van der Waals surface area contributed by atoms with Crippen molar-refractivity contribution in [3.05, 3.63) is 57.0 Å². The number of nitrogens with one attached hydrogen (secondary N) is 1. The highest BCUT2D eigenvalue weighted by atomic mass is 32.1. The van der Waals surface area contributed by atoms with Crippen molar-refractivity contribution in [2.45, 2.75) is 33.2 Å². The highest BCUT2D eigenvalue weighted by Crippen LogP contribution is 2.28. The standard InChI is InChI=1S/C20H21N3O4S/c1-5-14(20(26)27-4)23-10-21-18-15(19(23)25)12(3)16(28-18)17(24)22-13-9-7-6-8-11(13)2/h6-10,14H,5H2,1-4H3,(H,22,24)/t14-/m0/s1. The number of thiophene rings is 1. The summed E-state index contributed by atoms with van der Waals surface area (Å²) in [5.74, 6) is -0.795. The molecule has 3 aromatic rings. The second-order valence-corrected chi connectivity index (χ2v) is 7.41. The van der Waals surface area contributed by atoms with E-state index in [0.29, 0.717) is 32.8 Å². The van der Waals surface area contributed by atoms with Gasteiger partial charge in [-0.15, -0.1) is 11.3 Å². The molecule has 0 bridgehead atoms. The lowest BCUT2D eigenvalue weighted by atomic mass is 10.1. The third kappa shape index (κ3) is 3.43. The van der Waals surface area contributed by atoms with Crippen molar-refractivity contribution in [2.24, 2.45) is 0 Å². The van der Waals surface area contributed by atoms with E-state index in [4.69, 9.17) is 4.74 Å². The fraction of sp³-hybridized carbons (Fsp3) is 0.300. The van der Waals surface area contributed by atoms with Crippen LogP contribution in [-0.4, -0.2) is 28.5 Å². The van der Waals surface area contributed by atoms with Gasteiger partial charge in [-0.25, -0.2) is 9.78 Å². The minimum Gasteiger partial charge on any atom is -0.467 e. The molecule has 0 saturated carbocycles. The van der Waals surface area contributed by atoms with Gasteiger partial charge in [-0.1, -0.05) is 25.1 Å². The molecule has 0 radical (unpaired) electrons. The quantitative estimate of drug-likeness (QED) is 0.664. The number of carbonyl (C=O) groups is 2. The SMILES string of the molecule is CC[C@@H](C(=O)OC)n1cnc2sc(C(=O)Nc3ccccc3C)c(C)c2c1=O. The molecule has 0 fully saturated rings. The van der Waals surface area contributed by atoms with Crippen LogP contribution in [0.15, 0.2) is 35.4 Å². The molecule has 2 aromatic heterocycles. The fourth-order valence-corrected chi connectivity index (χ4v) is 4.12. The molecule has 0 aliphatic carbocycles. The van der Waals surface area contributed by atoms with Crippen molar-refractivity contribution in [1.82, 2.24) is 9.55 Å². The summed E-state index contributed by atoms with van der Waals surface area (Å²) in [6, 6.07) is 6.72. The first-order chi connectivity index (χ1) is 13.4. The minimum absolute atomic E-state index is 0.291. The molecule has 0 unspecified atom stereocenters. The zero-order chi connectivity index (χ0) is 20.4. The fourth-order valence-electron chi connectivity index (χ4n) is 3.08. The van der Waals surface area contributed by atoms with Crippen LogP contribution in [0.5, 0.6) is 0 Å². The number of rotatable bonds is 5. The largest absolute Gasteiger partial charge is 0.467 e. The first-order valence-corrected chi connectivity index (χ1v) is 9.65. The van der Waals surface area contributed by atoms with Gasteiger partial charge in [-0.05, 0) is 37.5 Å². The smallest absolute Gasteiger partial charge is 0.329 e. The molecule has 0 aliphatic rings. The number of hydrogen-bond acceptors (Lipinski definition) is 6. The lowest BCUT2D eigenvalue weighted by Crippen LogP contribution is -2.30. The van der Waals surface area contributed by atoms with E-state index in [0.717, 1.165) is 16.9 Å². The van der Waals surface area contributed by atoms with Crippen LogP contribution in [0.25, 0.3) is 10.2 Å². The number of esters is 1. The van der Waals surface area contributed by atoms with E-state index in [-0.39, 0.29) is 11.5 Å². The van der Waals surface area contributed by atoms with E-state index in [1.54, 1.807) is 13.8 Å². The number of aryl methyl sites for hydroxylation is 2. The second-order valence-electron chi connectivity index (χ2n) is 6.41. The number of amides is 1. The normalized spacial score (nSPS) is 12.0. The monoisotopic (exact) mass is 399 g/mol. The van der Waals surface area contributed by atoms with Gasteiger partial charge in [0, 0.05) is 5.69 Å². The zero-order valence-corrected chi connectivity index (χ0v) is 16.9. The molecular formula is C20H21N3O4S. The maximum atomic E-state index is 13.0. The van der Waals surface area contributed by atoms with Crippen molar-refractivity contribution >= 4 is 39.1 Å². The van der Waals surface area contributed by atoms with E-state index in [1.165, 1.54) is 18.0 Å². The van der Waals surface area contributed by atoms with Gasteiger partial charge in [0.25, 0.3) is 11.5 Å². The number of anilines is 1. The van der Waals surface area contributed by atoms with Crippen LogP contribution in [0.1, 0.15) is 40.2 Å². The summed E-state index contributed by atoms with van der Waals surface area (Å²) >= 11 is 1.16. The molecule has 0 aliphatic heterocycles. The van der Waals surface area contributed by atoms with Gasteiger partial charge in [-0.3, -0.25) is 14.2 Å². The Bertz CT molecular complexity index is 1120. The Kier molecular flexibility index (Phi) is 5.60. The third-order valence-electron chi connectivity index (χ3n) is 4.67. The molecule has 1 atom stereocenters. The van der Waals surface area contributed by atoms with E-state index in [2.05, 4.69) is 10.3 Å². The maximum absolute atomic E-state index is 13.0. The zero-order valence-electron chi connectivity index (χ0n) is 16.1. The van der Waals surface area contributed by atoms with Crippen molar-refractivity contribution in [3.8, 4) is 0 Å². The first kappa shape index (κ1) is 19.8. The number of nitrogens with zero attached hydrogens (tertiary/aromatic N) is 2. The Hall–Kier alpha value is -3.00. The molecule has 1 N–H and O–H groups in total. The summed E-state index contributed by atoms with van der Waals surface area (Å²) in [7, 11) is 1.28. The first-order valence-electron chi connectivity index (χ1n) is 8.84. The summed E-state index contributed by atoms with van der Waals surface area (Å²) < 4.78 is 6.06. The number of carbonyl (C=O) groups excluding carboxylic acids is 2. The third-order valence-corrected chi connectivity index (χ3v) is 5.87. The molecule has 1 amide bonds. The highest BCUT2D eigenvalue weighted by Gasteiger charge is 2.25. The Morgan fingerprint density at radius 3 is 2.64 bits per heavy atom. The topological polar surface area (TPSA) is 90.3 Å². The van der Waals surface area contributed by atoms with Crippen molar-refractivity contribution in [3.63, 3.8) is 0 Å². The predicted octanol–water partition coefficient (Wildman–Crippen LogP) is 3.45. The van der Waals surface area contributed by atoms with E-state index in [1.807, 2.05) is 31.2 Å². The molecule has 1 aromatic carbocycles. The number of aromatic nitrogens is 2. The molecule has 7 nitrogen and oxygen atoms in total. The molecule has 2 heterocycles. The van der Waals surface area contributed by atoms with Gasteiger partial charge in [0.2, 0.25) is 0 Å². The van der Waals surface area contributed by atoms with Crippen molar-refractivity contribution in [2.75, 3.05) is 12.4 Å². The number of ether oxygens (including phenoxy) is 1. The van der Waals surface area contributed by atoms with Gasteiger partial charge in [0.1, 0.15) is 10.9 Å². The molecule has 146 valence electrons. The van der Waals surface area contributed by atoms with E-state index >= 15 is 0 Å². The lowest BCUT2D eigenvalue weighted by Gasteiger charge is -2.15. The Morgan fingerprint density at radius 1 is 1.29 bits per heavy atom. The van der Waals surface area contributed by atoms with E-state index in [9.17, 15) is 14.4 Å². The molecule has 28 heavy (non-hydrogen) atoms.